The quantitative estimate of drug-likeness (QED) is 0.546. The fourth-order valence-electron chi connectivity index (χ4n) is 3.53. The Morgan fingerprint density at radius 3 is 2.90 bits per heavy atom. The summed E-state index contributed by atoms with van der Waals surface area (Å²) in [5.74, 6) is 0. The van der Waals surface area contributed by atoms with Gasteiger partial charge < -0.3 is 15.8 Å². The molecule has 1 fully saturated rings. The van der Waals surface area contributed by atoms with E-state index in [0.29, 0.717) is 24.8 Å². The number of halogens is 1. The first kappa shape index (κ1) is 18.9. The molecule has 0 unspecified atom stereocenters. The third-order valence-corrected chi connectivity index (χ3v) is 6.32. The predicted molar refractivity (Wildman–Crippen MR) is 121 cm³/mol. The van der Waals surface area contributed by atoms with Crippen LogP contribution in [0.3, 0.4) is 0 Å². The minimum absolute atomic E-state index is 0.326. The zero-order valence-corrected chi connectivity index (χ0v) is 17.3. The second-order valence-electron chi connectivity index (χ2n) is 7.56. The molecule has 0 amide bonds. The van der Waals surface area contributed by atoms with E-state index in [-0.39, 0.29) is 5.54 Å². The van der Waals surface area contributed by atoms with E-state index in [9.17, 15) is 0 Å². The van der Waals surface area contributed by atoms with Crippen molar-refractivity contribution < 1.29 is 4.74 Å². The van der Waals surface area contributed by atoms with E-state index in [2.05, 4.69) is 46.4 Å². The highest BCUT2D eigenvalue weighted by molar-refractivity contribution is 7.97. The second kappa shape index (κ2) is 7.63. The fraction of sp³-hybridized carbons (Fsp3) is 0.227. The molecule has 5 rings (SSSR count). The lowest BCUT2D eigenvalue weighted by Gasteiger charge is -2.38. The van der Waals surface area contributed by atoms with Crippen molar-refractivity contribution in [3.8, 4) is 0 Å². The Balaban J connectivity index is 1.57. The van der Waals surface area contributed by atoms with Gasteiger partial charge in [-0.05, 0) is 59.5 Å². The molecule has 0 spiro atoms. The van der Waals surface area contributed by atoms with E-state index >= 15 is 0 Å². The van der Waals surface area contributed by atoms with Crippen LogP contribution < -0.4 is 15.8 Å². The Bertz CT molecular complexity index is 1110. The number of pyridine rings is 1. The minimum Gasteiger partial charge on any atom is -0.382 e. The zero-order valence-electron chi connectivity index (χ0n) is 15.7. The Kier molecular flexibility index (Phi) is 4.97. The molecule has 7 heteroatoms. The molecule has 4 N–H and O–H groups in total. The second-order valence-corrected chi connectivity index (χ2v) is 8.92. The van der Waals surface area contributed by atoms with Crippen molar-refractivity contribution in [2.75, 3.05) is 31.6 Å². The molecule has 1 aromatic heterocycles. The number of hydrogen-bond donors (Lipinski definition) is 3. The summed E-state index contributed by atoms with van der Waals surface area (Å²) in [6.07, 6.45) is 2.21. The number of anilines is 1. The van der Waals surface area contributed by atoms with Crippen LogP contribution in [0.2, 0.25) is 5.02 Å². The SMILES string of the molecule is NC1(CNc2cc(C3=Cc4ccccc4SNC3)nc3ccc(Cl)cc23)COC1. The maximum atomic E-state index is 6.33. The molecule has 3 heterocycles. The zero-order chi connectivity index (χ0) is 19.8. The predicted octanol–water partition coefficient (Wildman–Crippen LogP) is 4.18. The van der Waals surface area contributed by atoms with E-state index < -0.39 is 0 Å². The third kappa shape index (κ3) is 3.86. The normalized spacial score (nSPS) is 17.8. The third-order valence-electron chi connectivity index (χ3n) is 5.20. The van der Waals surface area contributed by atoms with Gasteiger partial charge in [-0.1, -0.05) is 29.8 Å². The molecular weight excluding hydrogens is 404 g/mol. The van der Waals surface area contributed by atoms with E-state index in [1.165, 1.54) is 10.5 Å². The molecule has 148 valence electrons. The van der Waals surface area contributed by atoms with Crippen molar-refractivity contribution in [1.29, 1.82) is 0 Å². The summed E-state index contributed by atoms with van der Waals surface area (Å²) in [6, 6.07) is 16.2. The summed E-state index contributed by atoms with van der Waals surface area (Å²) in [5, 5.41) is 5.19. The number of hydrogen-bond acceptors (Lipinski definition) is 6. The maximum absolute atomic E-state index is 6.33. The fourth-order valence-corrected chi connectivity index (χ4v) is 4.48. The monoisotopic (exact) mass is 424 g/mol. The van der Waals surface area contributed by atoms with Gasteiger partial charge in [0, 0.05) is 34.1 Å². The molecule has 5 nitrogen and oxygen atoms in total. The average molecular weight is 425 g/mol. The van der Waals surface area contributed by atoms with E-state index in [1.807, 2.05) is 18.2 Å². The van der Waals surface area contributed by atoms with E-state index in [1.54, 1.807) is 11.9 Å². The lowest BCUT2D eigenvalue weighted by Crippen LogP contribution is -2.61. The molecule has 2 aliphatic rings. The number of rotatable bonds is 4. The number of aromatic nitrogens is 1. The van der Waals surface area contributed by atoms with Crippen LogP contribution >= 0.6 is 23.5 Å². The van der Waals surface area contributed by atoms with Crippen molar-refractivity contribution in [2.45, 2.75) is 10.4 Å². The number of nitrogens with two attached hydrogens (primary N) is 1. The van der Waals surface area contributed by atoms with Gasteiger partial charge in [-0.15, -0.1) is 0 Å². The van der Waals surface area contributed by atoms with Crippen LogP contribution in [0.1, 0.15) is 11.3 Å². The van der Waals surface area contributed by atoms with Crippen LogP contribution in [0.25, 0.3) is 22.6 Å². The first-order valence-electron chi connectivity index (χ1n) is 9.50. The largest absolute Gasteiger partial charge is 0.382 e. The van der Waals surface area contributed by atoms with Crippen LogP contribution in [0.4, 0.5) is 5.69 Å². The van der Waals surface area contributed by atoms with Gasteiger partial charge in [0.1, 0.15) is 0 Å². The van der Waals surface area contributed by atoms with Crippen molar-refractivity contribution in [1.82, 2.24) is 9.71 Å². The summed E-state index contributed by atoms with van der Waals surface area (Å²) >= 11 is 7.91. The van der Waals surface area contributed by atoms with Gasteiger partial charge in [-0.2, -0.15) is 0 Å². The van der Waals surface area contributed by atoms with Gasteiger partial charge in [0.2, 0.25) is 0 Å². The average Bonchev–Trinajstić information content (AvgIpc) is 2.93. The number of ether oxygens (including phenoxy) is 1. The standard InChI is InChI=1S/C22H21ClN4OS/c23-16-5-6-18-17(8-16)20(25-11-22(24)12-28-13-22)9-19(27-18)15-7-14-3-1-2-4-21(14)29-26-10-15/h1-9,26H,10-13,24H2,(H,25,27). The van der Waals surface area contributed by atoms with E-state index in [4.69, 9.17) is 27.1 Å². The maximum Gasteiger partial charge on any atom is 0.0803 e. The number of fused-ring (bicyclic) bond motifs is 2. The highest BCUT2D eigenvalue weighted by Gasteiger charge is 2.34. The molecule has 0 atom stereocenters. The smallest absolute Gasteiger partial charge is 0.0803 e. The highest BCUT2D eigenvalue weighted by atomic mass is 35.5. The van der Waals surface area contributed by atoms with Gasteiger partial charge in [-0.3, -0.25) is 4.72 Å². The van der Waals surface area contributed by atoms with Gasteiger partial charge in [0.25, 0.3) is 0 Å². The first-order chi connectivity index (χ1) is 14.1. The van der Waals surface area contributed by atoms with Crippen LogP contribution in [-0.2, 0) is 4.74 Å². The summed E-state index contributed by atoms with van der Waals surface area (Å²) < 4.78 is 8.71. The summed E-state index contributed by atoms with van der Waals surface area (Å²) in [5.41, 5.74) is 11.1. The summed E-state index contributed by atoms with van der Waals surface area (Å²) in [7, 11) is 0. The van der Waals surface area contributed by atoms with Crippen LogP contribution in [-0.4, -0.2) is 36.8 Å². The van der Waals surface area contributed by atoms with Crippen LogP contribution in [0.5, 0.6) is 0 Å². The molecule has 0 bridgehead atoms. The Morgan fingerprint density at radius 1 is 1.21 bits per heavy atom. The molecule has 1 saturated heterocycles. The Labute approximate surface area is 178 Å². The van der Waals surface area contributed by atoms with Crippen LogP contribution in [0, 0.1) is 0 Å². The van der Waals surface area contributed by atoms with Crippen molar-refractivity contribution >= 4 is 51.8 Å². The molecular formula is C22H21ClN4OS. The summed E-state index contributed by atoms with van der Waals surface area (Å²) in [4.78, 5) is 6.13. The van der Waals surface area contributed by atoms with Gasteiger partial charge in [0.05, 0.1) is 30.0 Å². The topological polar surface area (TPSA) is 72.2 Å². The molecule has 0 aliphatic carbocycles. The Morgan fingerprint density at radius 2 is 2.07 bits per heavy atom. The lowest BCUT2D eigenvalue weighted by atomic mass is 9.98. The van der Waals surface area contributed by atoms with Gasteiger partial charge >= 0.3 is 0 Å². The molecule has 0 saturated carbocycles. The molecule has 2 aliphatic heterocycles. The molecule has 0 radical (unpaired) electrons. The van der Waals surface area contributed by atoms with Crippen molar-refractivity contribution in [3.63, 3.8) is 0 Å². The van der Waals surface area contributed by atoms with E-state index in [0.717, 1.165) is 34.4 Å². The summed E-state index contributed by atoms with van der Waals surface area (Å²) in [6.45, 7) is 2.49. The van der Waals surface area contributed by atoms with Gasteiger partial charge in [-0.25, -0.2) is 4.98 Å². The number of benzene rings is 2. The highest BCUT2D eigenvalue weighted by Crippen LogP contribution is 2.33. The molecule has 3 aromatic rings. The van der Waals surface area contributed by atoms with Crippen molar-refractivity contribution in [2.24, 2.45) is 5.73 Å². The number of nitrogens with zero attached hydrogens (tertiary/aromatic N) is 1. The first-order valence-corrected chi connectivity index (χ1v) is 10.7. The van der Waals surface area contributed by atoms with Crippen LogP contribution in [0.15, 0.2) is 53.4 Å². The van der Waals surface area contributed by atoms with Gasteiger partial charge in [0.15, 0.2) is 0 Å². The van der Waals surface area contributed by atoms with Crippen molar-refractivity contribution in [3.05, 3.63) is 64.8 Å². The molecule has 29 heavy (non-hydrogen) atoms. The lowest BCUT2D eigenvalue weighted by molar-refractivity contribution is -0.0461. The minimum atomic E-state index is -0.326. The Hall–Kier alpha value is -2.09. The molecule has 2 aromatic carbocycles. The number of nitrogens with one attached hydrogen (secondary N) is 2.